The largest absolute Gasteiger partial charge is 0.472 e. The van der Waals surface area contributed by atoms with Gasteiger partial charge in [-0.15, -0.1) is 0 Å². The van der Waals surface area contributed by atoms with Gasteiger partial charge in [-0.25, -0.2) is 4.57 Å². The van der Waals surface area contributed by atoms with Crippen LogP contribution in [0.5, 0.6) is 0 Å². The van der Waals surface area contributed by atoms with E-state index in [1.54, 1.807) is 0 Å². The molecule has 0 saturated carbocycles. The molecule has 10 heteroatoms. The average Bonchev–Trinajstić information content (AvgIpc) is 3.16. The van der Waals surface area contributed by atoms with Crippen LogP contribution in [0, 0.1) is 0 Å². The van der Waals surface area contributed by atoms with Crippen molar-refractivity contribution in [2.45, 2.75) is 392 Å². The number of ether oxygens (including phenoxy) is 2. The van der Waals surface area contributed by atoms with E-state index in [9.17, 15) is 19.0 Å². The number of phosphoric ester groups is 1. The van der Waals surface area contributed by atoms with Crippen molar-refractivity contribution in [3.63, 3.8) is 0 Å². The summed E-state index contributed by atoms with van der Waals surface area (Å²) in [7, 11) is -4.40. The zero-order valence-corrected chi connectivity index (χ0v) is 63.0. The molecule has 2 atom stereocenters. The molecular weight excluding hydrogens is 1190 g/mol. The molecule has 0 spiro atoms. The fourth-order valence-electron chi connectivity index (χ4n) is 11.8. The van der Waals surface area contributed by atoms with Gasteiger partial charge in [0.15, 0.2) is 6.10 Å². The molecule has 0 radical (unpaired) electrons. The Morgan fingerprint density at radius 3 is 0.811 bits per heavy atom. The quantitative estimate of drug-likeness (QED) is 0.0264. The zero-order chi connectivity index (χ0) is 68.6. The highest BCUT2D eigenvalue weighted by Gasteiger charge is 2.26. The van der Waals surface area contributed by atoms with Gasteiger partial charge in [0.2, 0.25) is 0 Å². The van der Waals surface area contributed by atoms with Gasteiger partial charge in [0.1, 0.15) is 6.61 Å². The smallest absolute Gasteiger partial charge is 0.462 e. The Kier molecular flexibility index (Phi) is 76.9. The number of nitrogens with two attached hydrogens (primary N) is 1. The first-order valence-electron chi connectivity index (χ1n) is 40.4. The lowest BCUT2D eigenvalue weighted by Crippen LogP contribution is -2.29. The molecule has 0 aromatic heterocycles. The normalized spacial score (nSPS) is 13.4. The van der Waals surface area contributed by atoms with E-state index in [1.807, 2.05) is 0 Å². The van der Waals surface area contributed by atoms with E-state index in [0.717, 1.165) is 89.9 Å². The van der Waals surface area contributed by atoms with Crippen LogP contribution in [0.3, 0.4) is 0 Å². The summed E-state index contributed by atoms with van der Waals surface area (Å²) < 4.78 is 33.3. The van der Waals surface area contributed by atoms with Gasteiger partial charge in [-0.3, -0.25) is 18.6 Å². The highest BCUT2D eigenvalue weighted by atomic mass is 31.2. The Morgan fingerprint density at radius 2 is 0.547 bits per heavy atom. The second-order valence-corrected chi connectivity index (χ2v) is 28.3. The van der Waals surface area contributed by atoms with Gasteiger partial charge in [-0.05, 0) is 96.3 Å². The Balaban J connectivity index is 3.76. The Bertz CT molecular complexity index is 1930. The Morgan fingerprint density at radius 1 is 0.316 bits per heavy atom. The maximum atomic E-state index is 12.8. The minimum Gasteiger partial charge on any atom is -0.462 e. The number of rotatable bonds is 76. The fraction of sp³-hybridized carbons (Fsp3) is 0.765. The second-order valence-electron chi connectivity index (χ2n) is 26.9. The van der Waals surface area contributed by atoms with Crippen molar-refractivity contribution in [2.75, 3.05) is 26.4 Å². The summed E-state index contributed by atoms with van der Waals surface area (Å²) in [5.74, 6) is -0.808. The highest BCUT2D eigenvalue weighted by molar-refractivity contribution is 7.47. The van der Waals surface area contributed by atoms with Crippen LogP contribution in [-0.2, 0) is 32.7 Å². The molecule has 0 rings (SSSR count). The molecule has 95 heavy (non-hydrogen) atoms. The van der Waals surface area contributed by atoms with Crippen LogP contribution in [0.25, 0.3) is 0 Å². The van der Waals surface area contributed by atoms with Crippen LogP contribution < -0.4 is 5.73 Å². The Hall–Kier alpha value is -3.33. The first-order chi connectivity index (χ1) is 46.8. The Labute approximate surface area is 588 Å². The number of hydrogen-bond acceptors (Lipinski definition) is 8. The number of carbonyl (C=O) groups excluding carboxylic acids is 2. The number of esters is 2. The molecule has 0 saturated heterocycles. The number of carbonyl (C=O) groups is 2. The first-order valence-corrected chi connectivity index (χ1v) is 41.9. The van der Waals surface area contributed by atoms with Gasteiger partial charge in [0.25, 0.3) is 0 Å². The van der Waals surface area contributed by atoms with E-state index >= 15 is 0 Å². The third kappa shape index (κ3) is 79.5. The van der Waals surface area contributed by atoms with Crippen molar-refractivity contribution >= 4 is 19.8 Å². The number of hydrogen-bond donors (Lipinski definition) is 2. The summed E-state index contributed by atoms with van der Waals surface area (Å²) in [4.78, 5) is 35.5. The molecule has 9 nitrogen and oxygen atoms in total. The SMILES string of the molecule is CC/C=C\C/C=C\C/C=C\C/C=C\C/C=C\CCCCCCCCCCCCCCCCCCCCCCCCCC(=O)OC(COC(=O)CCCCCCCCCCCCCCCCCCCCCCCC/C=C\C/C=C\C/C=C\C/C=C\CC)COP(=O)(O)OCCN. The minimum absolute atomic E-state index is 0.0535. The topological polar surface area (TPSA) is 134 Å². The summed E-state index contributed by atoms with van der Waals surface area (Å²) >= 11 is 0. The predicted octanol–water partition coefficient (Wildman–Crippen LogP) is 27.2. The van der Waals surface area contributed by atoms with E-state index in [4.69, 9.17) is 24.3 Å². The molecule has 0 heterocycles. The molecular formula is C85H152NO8P. The molecule has 550 valence electrons. The maximum absolute atomic E-state index is 12.8. The molecule has 0 aromatic carbocycles. The summed E-state index contributed by atoms with van der Waals surface area (Å²) in [5.41, 5.74) is 5.42. The van der Waals surface area contributed by atoms with Crippen molar-refractivity contribution in [1.82, 2.24) is 0 Å². The van der Waals surface area contributed by atoms with Crippen LogP contribution in [0.4, 0.5) is 0 Å². The van der Waals surface area contributed by atoms with E-state index in [-0.39, 0.29) is 38.6 Å². The number of allylic oxidation sites excluding steroid dienone is 18. The maximum Gasteiger partial charge on any atom is 0.472 e. The lowest BCUT2D eigenvalue weighted by atomic mass is 10.0. The molecule has 0 aliphatic carbocycles. The second kappa shape index (κ2) is 79.7. The standard InChI is InChI=1S/C85H152NO8P/c1-3-5-7-9-11-13-15-17-19-21-23-25-27-29-31-33-35-37-39-40-41-42-44-46-48-50-52-54-56-58-60-62-64-66-68-70-72-74-76-78-85(88)94-83(82-93-95(89,90)92-80-79-86)81-91-84(87)77-75-73-71-69-67-65-63-61-59-57-55-53-51-49-47-45-43-38-36-34-32-30-28-26-24-22-20-18-16-14-12-10-8-6-4-2/h5-8,11-14,17-20,23-26,29,31,83H,3-4,9-10,15-16,21-22,27-28,30,32-82,86H2,1-2H3,(H,89,90)/b7-5-,8-6-,13-11-,14-12-,19-17-,20-18-,25-23-,26-24-,31-29-. The highest BCUT2D eigenvalue weighted by Crippen LogP contribution is 2.43. The van der Waals surface area contributed by atoms with E-state index in [1.165, 1.54) is 263 Å². The molecule has 2 unspecified atom stereocenters. The summed E-state index contributed by atoms with van der Waals surface area (Å²) in [6.07, 6.45) is 111. The van der Waals surface area contributed by atoms with Gasteiger partial charge < -0.3 is 20.1 Å². The van der Waals surface area contributed by atoms with Crippen LogP contribution in [0.2, 0.25) is 0 Å². The molecule has 0 aromatic rings. The van der Waals surface area contributed by atoms with Gasteiger partial charge >= 0.3 is 19.8 Å². The lowest BCUT2D eigenvalue weighted by molar-refractivity contribution is -0.161. The molecule has 0 bridgehead atoms. The van der Waals surface area contributed by atoms with Crippen molar-refractivity contribution in [1.29, 1.82) is 0 Å². The monoisotopic (exact) mass is 1350 g/mol. The van der Waals surface area contributed by atoms with Gasteiger partial charge in [0.05, 0.1) is 13.2 Å². The van der Waals surface area contributed by atoms with Crippen molar-refractivity contribution in [2.24, 2.45) is 5.73 Å². The zero-order valence-electron chi connectivity index (χ0n) is 62.1. The van der Waals surface area contributed by atoms with Crippen LogP contribution in [-0.4, -0.2) is 49.3 Å². The lowest BCUT2D eigenvalue weighted by Gasteiger charge is -2.19. The minimum atomic E-state index is -4.40. The van der Waals surface area contributed by atoms with Crippen LogP contribution in [0.1, 0.15) is 386 Å². The van der Waals surface area contributed by atoms with Crippen LogP contribution >= 0.6 is 7.82 Å². The fourth-order valence-corrected chi connectivity index (χ4v) is 12.5. The molecule has 0 amide bonds. The molecule has 0 aliphatic heterocycles. The summed E-state index contributed by atoms with van der Waals surface area (Å²) in [6, 6.07) is 0. The summed E-state index contributed by atoms with van der Waals surface area (Å²) in [6.45, 7) is 3.58. The molecule has 3 N–H and O–H groups in total. The summed E-state index contributed by atoms with van der Waals surface area (Å²) in [5, 5.41) is 0. The van der Waals surface area contributed by atoms with E-state index < -0.39 is 26.5 Å². The third-order valence-electron chi connectivity index (χ3n) is 17.7. The number of unbranched alkanes of at least 4 members (excludes halogenated alkanes) is 45. The number of phosphoric acid groups is 1. The van der Waals surface area contributed by atoms with Gasteiger partial charge in [0, 0.05) is 19.4 Å². The average molecular weight is 1350 g/mol. The first kappa shape index (κ1) is 91.7. The van der Waals surface area contributed by atoms with Gasteiger partial charge in [-0.1, -0.05) is 386 Å². The molecule has 0 aliphatic rings. The molecule has 0 fully saturated rings. The van der Waals surface area contributed by atoms with Crippen LogP contribution in [0.15, 0.2) is 109 Å². The van der Waals surface area contributed by atoms with E-state index in [0.29, 0.717) is 6.42 Å². The predicted molar refractivity (Wildman–Crippen MR) is 413 cm³/mol. The van der Waals surface area contributed by atoms with Crippen molar-refractivity contribution < 1.29 is 37.6 Å². The third-order valence-corrected chi connectivity index (χ3v) is 18.6. The van der Waals surface area contributed by atoms with E-state index in [2.05, 4.69) is 123 Å². The van der Waals surface area contributed by atoms with Crippen molar-refractivity contribution in [3.8, 4) is 0 Å². The van der Waals surface area contributed by atoms with Crippen molar-refractivity contribution in [3.05, 3.63) is 109 Å². The van der Waals surface area contributed by atoms with Gasteiger partial charge in [-0.2, -0.15) is 0 Å².